The number of nitrogens with zero attached hydrogens (tertiary/aromatic N) is 3. The molecule has 2 aromatic heterocycles. The number of carbonyl (C=O) groups is 1. The number of methoxy groups -OCH3 is 1. The van der Waals surface area contributed by atoms with Crippen LogP contribution in [0.2, 0.25) is 0 Å². The average molecular weight is 371 g/mol. The molecule has 26 heavy (non-hydrogen) atoms. The van der Waals surface area contributed by atoms with Crippen molar-refractivity contribution in [3.63, 3.8) is 0 Å². The summed E-state index contributed by atoms with van der Waals surface area (Å²) in [6, 6.07) is 9.05. The molecule has 2 heterocycles. The lowest BCUT2D eigenvalue weighted by Crippen LogP contribution is -2.17. The van der Waals surface area contributed by atoms with Gasteiger partial charge in [0.25, 0.3) is 0 Å². The van der Waals surface area contributed by atoms with Gasteiger partial charge < -0.3 is 13.7 Å². The van der Waals surface area contributed by atoms with Crippen molar-refractivity contribution in [1.82, 2.24) is 14.8 Å². The summed E-state index contributed by atoms with van der Waals surface area (Å²) in [5.41, 5.74) is 1.57. The first-order valence-electron chi connectivity index (χ1n) is 8.34. The minimum absolute atomic E-state index is 0.0733. The Balaban J connectivity index is 1.81. The van der Waals surface area contributed by atoms with Crippen LogP contribution in [0.25, 0.3) is 11.4 Å². The van der Waals surface area contributed by atoms with E-state index in [1.165, 1.54) is 11.8 Å². The van der Waals surface area contributed by atoms with Crippen LogP contribution in [-0.2, 0) is 7.05 Å². The third-order valence-electron chi connectivity index (χ3n) is 4.22. The number of carbonyl (C=O) groups excluding carboxylic acids is 1. The Morgan fingerprint density at radius 3 is 2.58 bits per heavy atom. The highest BCUT2D eigenvalue weighted by Crippen LogP contribution is 2.30. The molecule has 0 bridgehead atoms. The predicted molar refractivity (Wildman–Crippen MR) is 101 cm³/mol. The van der Waals surface area contributed by atoms with Gasteiger partial charge in [0.1, 0.15) is 11.5 Å². The maximum Gasteiger partial charge on any atom is 0.191 e. The van der Waals surface area contributed by atoms with E-state index in [9.17, 15) is 4.79 Å². The second-order valence-electron chi connectivity index (χ2n) is 5.86. The standard InChI is InChI=1S/C19H21N3O3S/c1-5-16(17(23)13-6-8-14(24-4)9-7-13)26-19-21-20-18(22(19)3)15-10-11-25-12(15)2/h6-11,16H,5H2,1-4H3. The SMILES string of the molecule is CCC(Sc1nnc(-c2ccoc2C)n1C)C(=O)c1ccc(OC)cc1. The van der Waals surface area contributed by atoms with Crippen LogP contribution in [-0.4, -0.2) is 32.9 Å². The molecule has 1 aromatic carbocycles. The van der Waals surface area contributed by atoms with Gasteiger partial charge in [-0.15, -0.1) is 10.2 Å². The second kappa shape index (κ2) is 7.78. The first kappa shape index (κ1) is 18.3. The molecular weight excluding hydrogens is 350 g/mol. The van der Waals surface area contributed by atoms with E-state index >= 15 is 0 Å². The van der Waals surface area contributed by atoms with Gasteiger partial charge in [0.05, 0.1) is 24.2 Å². The van der Waals surface area contributed by atoms with Crippen LogP contribution < -0.4 is 4.74 Å². The lowest BCUT2D eigenvalue weighted by atomic mass is 10.1. The van der Waals surface area contributed by atoms with Crippen LogP contribution >= 0.6 is 11.8 Å². The molecule has 0 aliphatic carbocycles. The zero-order chi connectivity index (χ0) is 18.7. The van der Waals surface area contributed by atoms with Gasteiger partial charge in [-0.3, -0.25) is 4.79 Å². The Morgan fingerprint density at radius 2 is 2.00 bits per heavy atom. The lowest BCUT2D eigenvalue weighted by Gasteiger charge is -2.13. The molecule has 1 atom stereocenters. The molecule has 1 unspecified atom stereocenters. The summed E-state index contributed by atoms with van der Waals surface area (Å²) in [6.45, 7) is 3.88. The first-order chi connectivity index (χ1) is 12.5. The Hall–Kier alpha value is -2.54. The van der Waals surface area contributed by atoms with Gasteiger partial charge in [-0.25, -0.2) is 0 Å². The number of hydrogen-bond acceptors (Lipinski definition) is 6. The van der Waals surface area contributed by atoms with E-state index in [1.54, 1.807) is 37.6 Å². The zero-order valence-electron chi connectivity index (χ0n) is 15.2. The van der Waals surface area contributed by atoms with Gasteiger partial charge in [-0.2, -0.15) is 0 Å². The van der Waals surface area contributed by atoms with Crippen molar-refractivity contribution in [2.24, 2.45) is 7.05 Å². The minimum atomic E-state index is -0.232. The summed E-state index contributed by atoms with van der Waals surface area (Å²) >= 11 is 1.43. The highest BCUT2D eigenvalue weighted by atomic mass is 32.2. The number of aryl methyl sites for hydroxylation is 1. The van der Waals surface area contributed by atoms with Crippen LogP contribution in [0.5, 0.6) is 5.75 Å². The molecule has 6 nitrogen and oxygen atoms in total. The number of thioether (sulfide) groups is 1. The molecular formula is C19H21N3O3S. The van der Waals surface area contributed by atoms with Gasteiger partial charge >= 0.3 is 0 Å². The van der Waals surface area contributed by atoms with Crippen molar-refractivity contribution < 1.29 is 13.9 Å². The molecule has 0 amide bonds. The van der Waals surface area contributed by atoms with Gasteiger partial charge in [-0.1, -0.05) is 18.7 Å². The lowest BCUT2D eigenvalue weighted by molar-refractivity contribution is 0.0988. The highest BCUT2D eigenvalue weighted by Gasteiger charge is 2.23. The second-order valence-corrected chi connectivity index (χ2v) is 7.03. The molecule has 0 fully saturated rings. The average Bonchev–Trinajstić information content (AvgIpc) is 3.24. The van der Waals surface area contributed by atoms with E-state index in [2.05, 4.69) is 10.2 Å². The van der Waals surface area contributed by atoms with Crippen LogP contribution in [0, 0.1) is 6.92 Å². The van der Waals surface area contributed by atoms with E-state index in [0.717, 1.165) is 22.9 Å². The van der Waals surface area contributed by atoms with E-state index in [4.69, 9.17) is 9.15 Å². The first-order valence-corrected chi connectivity index (χ1v) is 9.21. The molecule has 0 spiro atoms. The largest absolute Gasteiger partial charge is 0.497 e. The Bertz CT molecular complexity index is 899. The molecule has 0 N–H and O–H groups in total. The molecule has 0 saturated heterocycles. The summed E-state index contributed by atoms with van der Waals surface area (Å²) in [4.78, 5) is 12.8. The summed E-state index contributed by atoms with van der Waals surface area (Å²) in [7, 11) is 3.50. The zero-order valence-corrected chi connectivity index (χ0v) is 16.0. The van der Waals surface area contributed by atoms with Crippen LogP contribution in [0.3, 0.4) is 0 Å². The normalized spacial score (nSPS) is 12.2. The number of aromatic nitrogens is 3. The van der Waals surface area contributed by atoms with Gasteiger partial charge in [-0.05, 0) is 43.7 Å². The van der Waals surface area contributed by atoms with Crippen molar-refractivity contribution >= 4 is 17.5 Å². The maximum atomic E-state index is 12.8. The van der Waals surface area contributed by atoms with Gasteiger partial charge in [0.15, 0.2) is 16.8 Å². The number of hydrogen-bond donors (Lipinski definition) is 0. The number of furan rings is 1. The Labute approximate surface area is 156 Å². The predicted octanol–water partition coefficient (Wildman–Crippen LogP) is 4.15. The van der Waals surface area contributed by atoms with Crippen LogP contribution in [0.4, 0.5) is 0 Å². The third-order valence-corrected chi connectivity index (χ3v) is 5.62. The topological polar surface area (TPSA) is 70.2 Å². The van der Waals surface area contributed by atoms with Crippen molar-refractivity contribution in [1.29, 1.82) is 0 Å². The smallest absolute Gasteiger partial charge is 0.191 e. The van der Waals surface area contributed by atoms with Gasteiger partial charge in [0.2, 0.25) is 0 Å². The molecule has 0 radical (unpaired) electrons. The summed E-state index contributed by atoms with van der Waals surface area (Å²) in [5, 5.41) is 9.00. The van der Waals surface area contributed by atoms with Crippen molar-refractivity contribution in [2.45, 2.75) is 30.7 Å². The monoisotopic (exact) mass is 371 g/mol. The third kappa shape index (κ3) is 3.53. The summed E-state index contributed by atoms with van der Waals surface area (Å²) in [5.74, 6) is 2.32. The minimum Gasteiger partial charge on any atom is -0.497 e. The fourth-order valence-electron chi connectivity index (χ4n) is 2.66. The molecule has 3 rings (SSSR count). The molecule has 0 aliphatic rings. The van der Waals surface area contributed by atoms with Crippen molar-refractivity contribution in [3.8, 4) is 17.1 Å². The quantitative estimate of drug-likeness (QED) is 0.459. The van der Waals surface area contributed by atoms with Gasteiger partial charge in [0, 0.05) is 12.6 Å². The molecule has 7 heteroatoms. The van der Waals surface area contributed by atoms with Crippen LogP contribution in [0.15, 0.2) is 46.2 Å². The molecule has 0 aliphatic heterocycles. The fraction of sp³-hybridized carbons (Fsp3) is 0.316. The molecule has 136 valence electrons. The number of benzene rings is 1. The Morgan fingerprint density at radius 1 is 1.27 bits per heavy atom. The van der Waals surface area contributed by atoms with E-state index in [-0.39, 0.29) is 11.0 Å². The number of ether oxygens (including phenoxy) is 1. The molecule has 0 saturated carbocycles. The maximum absolute atomic E-state index is 12.8. The van der Waals surface area contributed by atoms with E-state index in [1.807, 2.05) is 31.5 Å². The van der Waals surface area contributed by atoms with Crippen molar-refractivity contribution in [2.75, 3.05) is 7.11 Å². The summed E-state index contributed by atoms with van der Waals surface area (Å²) < 4.78 is 12.4. The van der Waals surface area contributed by atoms with Crippen LogP contribution in [0.1, 0.15) is 29.5 Å². The number of rotatable bonds is 7. The van der Waals surface area contributed by atoms with Crippen molar-refractivity contribution in [3.05, 3.63) is 47.9 Å². The Kier molecular flexibility index (Phi) is 5.46. The fourth-order valence-corrected chi connectivity index (χ4v) is 3.66. The van der Waals surface area contributed by atoms with E-state index < -0.39 is 0 Å². The number of ketones is 1. The molecule has 3 aromatic rings. The summed E-state index contributed by atoms with van der Waals surface area (Å²) in [6.07, 6.45) is 2.33. The van der Waals surface area contributed by atoms with E-state index in [0.29, 0.717) is 17.1 Å². The number of Topliss-reactive ketones (excluding diaryl/α,β-unsaturated/α-hetero) is 1. The highest BCUT2D eigenvalue weighted by molar-refractivity contribution is 8.00.